The van der Waals surface area contributed by atoms with Crippen LogP contribution in [0.5, 0.6) is 5.75 Å². The van der Waals surface area contributed by atoms with Crippen LogP contribution in [0, 0.1) is 0 Å². The summed E-state index contributed by atoms with van der Waals surface area (Å²) in [4.78, 5) is 11.6. The quantitative estimate of drug-likeness (QED) is 0.692. The van der Waals surface area contributed by atoms with E-state index in [4.69, 9.17) is 9.47 Å². The van der Waals surface area contributed by atoms with Crippen molar-refractivity contribution in [2.45, 2.75) is 6.54 Å². The first-order chi connectivity index (χ1) is 10.7. The molecule has 0 fully saturated rings. The van der Waals surface area contributed by atoms with Crippen LogP contribution >= 0.6 is 0 Å². The van der Waals surface area contributed by atoms with Crippen LogP contribution in [0.2, 0.25) is 0 Å². The molecule has 1 heterocycles. The van der Waals surface area contributed by atoms with Gasteiger partial charge in [-0.25, -0.2) is 4.79 Å². The van der Waals surface area contributed by atoms with Crippen molar-refractivity contribution in [1.29, 1.82) is 0 Å². The third-order valence-electron chi connectivity index (χ3n) is 3.64. The van der Waals surface area contributed by atoms with Crippen LogP contribution < -0.4 is 4.74 Å². The summed E-state index contributed by atoms with van der Waals surface area (Å²) in [5.41, 5.74) is 1.76. The number of esters is 1. The Hall–Kier alpha value is -2.75. The van der Waals surface area contributed by atoms with Gasteiger partial charge in [0.15, 0.2) is 0 Å². The van der Waals surface area contributed by atoms with E-state index in [1.54, 1.807) is 13.2 Å². The van der Waals surface area contributed by atoms with Gasteiger partial charge in [-0.05, 0) is 35.2 Å². The fourth-order valence-electron chi connectivity index (χ4n) is 2.48. The number of carbonyl (C=O) groups is 1. The van der Waals surface area contributed by atoms with Crippen molar-refractivity contribution >= 4 is 16.7 Å². The standard InChI is InChI=1S/C18H17NO3/c1-21-17-7-3-13(4-8-17)10-19-11-15-6-5-14(18(20)22-2)9-16(15)12-19/h3-9,11-12H,10H2,1-2H3. The van der Waals surface area contributed by atoms with Crippen LogP contribution in [0.3, 0.4) is 0 Å². The van der Waals surface area contributed by atoms with Crippen molar-refractivity contribution in [3.05, 3.63) is 66.0 Å². The highest BCUT2D eigenvalue weighted by Gasteiger charge is 2.07. The third kappa shape index (κ3) is 2.81. The van der Waals surface area contributed by atoms with E-state index < -0.39 is 0 Å². The molecule has 4 nitrogen and oxygen atoms in total. The summed E-state index contributed by atoms with van der Waals surface area (Å²) in [6, 6.07) is 13.6. The average Bonchev–Trinajstić information content (AvgIpc) is 2.96. The van der Waals surface area contributed by atoms with Gasteiger partial charge in [-0.3, -0.25) is 0 Å². The number of benzene rings is 2. The lowest BCUT2D eigenvalue weighted by molar-refractivity contribution is 0.0601. The topological polar surface area (TPSA) is 40.5 Å². The zero-order valence-corrected chi connectivity index (χ0v) is 12.6. The summed E-state index contributed by atoms with van der Waals surface area (Å²) < 4.78 is 12.0. The van der Waals surface area contributed by atoms with Crippen LogP contribution in [-0.4, -0.2) is 24.8 Å². The Labute approximate surface area is 128 Å². The van der Waals surface area contributed by atoms with E-state index in [9.17, 15) is 4.79 Å². The van der Waals surface area contributed by atoms with Crippen molar-refractivity contribution in [3.8, 4) is 5.75 Å². The third-order valence-corrected chi connectivity index (χ3v) is 3.64. The molecular weight excluding hydrogens is 278 g/mol. The molecule has 0 radical (unpaired) electrons. The summed E-state index contributed by atoms with van der Waals surface area (Å²) in [5.74, 6) is 0.536. The van der Waals surface area contributed by atoms with E-state index in [2.05, 4.69) is 10.8 Å². The number of ether oxygens (including phenoxy) is 2. The second-order valence-corrected chi connectivity index (χ2v) is 5.11. The van der Waals surface area contributed by atoms with E-state index in [0.29, 0.717) is 5.56 Å². The van der Waals surface area contributed by atoms with Crippen LogP contribution in [0.15, 0.2) is 54.9 Å². The first-order valence-electron chi connectivity index (χ1n) is 7.00. The Bertz CT molecular complexity index is 803. The van der Waals surface area contributed by atoms with E-state index in [1.165, 1.54) is 12.7 Å². The Morgan fingerprint density at radius 2 is 1.73 bits per heavy atom. The molecular formula is C18H17NO3. The molecule has 0 unspecified atom stereocenters. The van der Waals surface area contributed by atoms with Crippen LogP contribution in [0.25, 0.3) is 10.8 Å². The molecule has 0 aliphatic heterocycles. The molecule has 1 aromatic heterocycles. The van der Waals surface area contributed by atoms with Crippen molar-refractivity contribution < 1.29 is 14.3 Å². The number of fused-ring (bicyclic) bond motifs is 1. The van der Waals surface area contributed by atoms with E-state index in [-0.39, 0.29) is 5.97 Å². The van der Waals surface area contributed by atoms with Gasteiger partial charge in [-0.15, -0.1) is 0 Å². The van der Waals surface area contributed by atoms with Crippen molar-refractivity contribution in [3.63, 3.8) is 0 Å². The largest absolute Gasteiger partial charge is 0.497 e. The normalized spacial score (nSPS) is 10.6. The van der Waals surface area contributed by atoms with Gasteiger partial charge in [0.25, 0.3) is 0 Å². The molecule has 0 saturated heterocycles. The van der Waals surface area contributed by atoms with Crippen molar-refractivity contribution in [2.75, 3.05) is 14.2 Å². The smallest absolute Gasteiger partial charge is 0.337 e. The first-order valence-corrected chi connectivity index (χ1v) is 7.00. The molecule has 3 aromatic rings. The summed E-state index contributed by atoms with van der Waals surface area (Å²) in [7, 11) is 3.05. The van der Waals surface area contributed by atoms with Crippen LogP contribution in [0.4, 0.5) is 0 Å². The Kier molecular flexibility index (Phi) is 3.83. The lowest BCUT2D eigenvalue weighted by Crippen LogP contribution is -1.99. The molecule has 22 heavy (non-hydrogen) atoms. The molecule has 4 heteroatoms. The van der Waals surface area contributed by atoms with E-state index >= 15 is 0 Å². The molecule has 112 valence electrons. The molecule has 2 aromatic carbocycles. The summed E-state index contributed by atoms with van der Waals surface area (Å²) in [6.45, 7) is 0.770. The minimum Gasteiger partial charge on any atom is -0.497 e. The molecule has 0 bridgehead atoms. The van der Waals surface area contributed by atoms with Gasteiger partial charge >= 0.3 is 5.97 Å². The molecule has 0 N–H and O–H groups in total. The second-order valence-electron chi connectivity index (χ2n) is 5.11. The van der Waals surface area contributed by atoms with Gasteiger partial charge in [-0.1, -0.05) is 18.2 Å². The fraction of sp³-hybridized carbons (Fsp3) is 0.167. The average molecular weight is 295 g/mol. The molecule has 0 amide bonds. The highest BCUT2D eigenvalue weighted by molar-refractivity contribution is 5.95. The maximum atomic E-state index is 11.6. The molecule has 0 aliphatic carbocycles. The SMILES string of the molecule is COC(=O)c1ccc2cn(Cc3ccc(OC)cc3)cc2c1. The van der Waals surface area contributed by atoms with Gasteiger partial charge in [0.2, 0.25) is 0 Å². The molecule has 3 rings (SSSR count). The first kappa shape index (κ1) is 14.2. The lowest BCUT2D eigenvalue weighted by atomic mass is 10.1. The number of nitrogens with zero attached hydrogens (tertiary/aromatic N) is 1. The number of aromatic nitrogens is 1. The molecule has 0 saturated carbocycles. The maximum Gasteiger partial charge on any atom is 0.337 e. The number of carbonyl (C=O) groups excluding carboxylic acids is 1. The Morgan fingerprint density at radius 3 is 2.41 bits per heavy atom. The number of methoxy groups -OCH3 is 2. The Balaban J connectivity index is 1.86. The number of rotatable bonds is 4. The van der Waals surface area contributed by atoms with Crippen molar-refractivity contribution in [1.82, 2.24) is 4.57 Å². The van der Waals surface area contributed by atoms with Gasteiger partial charge < -0.3 is 14.0 Å². The predicted molar refractivity (Wildman–Crippen MR) is 85.4 cm³/mol. The Morgan fingerprint density at radius 1 is 1.00 bits per heavy atom. The van der Waals surface area contributed by atoms with Crippen LogP contribution in [0.1, 0.15) is 15.9 Å². The van der Waals surface area contributed by atoms with Gasteiger partial charge in [0.1, 0.15) is 5.75 Å². The van der Waals surface area contributed by atoms with Crippen molar-refractivity contribution in [2.24, 2.45) is 0 Å². The highest BCUT2D eigenvalue weighted by Crippen LogP contribution is 2.19. The predicted octanol–water partition coefficient (Wildman–Crippen LogP) is 3.48. The minimum absolute atomic E-state index is 0.315. The zero-order chi connectivity index (χ0) is 15.5. The van der Waals surface area contributed by atoms with E-state index in [1.807, 2.05) is 42.6 Å². The summed E-state index contributed by atoms with van der Waals surface area (Å²) >= 11 is 0. The zero-order valence-electron chi connectivity index (χ0n) is 12.6. The minimum atomic E-state index is -0.315. The maximum absolute atomic E-state index is 11.6. The second kappa shape index (κ2) is 5.93. The number of hydrogen-bond acceptors (Lipinski definition) is 3. The van der Waals surface area contributed by atoms with Gasteiger partial charge in [0, 0.05) is 24.3 Å². The highest BCUT2D eigenvalue weighted by atomic mass is 16.5. The summed E-state index contributed by atoms with van der Waals surface area (Å²) in [5, 5.41) is 2.12. The monoisotopic (exact) mass is 295 g/mol. The van der Waals surface area contributed by atoms with Crippen LogP contribution in [-0.2, 0) is 11.3 Å². The fourth-order valence-corrected chi connectivity index (χ4v) is 2.48. The molecule has 0 spiro atoms. The number of hydrogen-bond donors (Lipinski definition) is 0. The van der Waals surface area contributed by atoms with Gasteiger partial charge in [0.05, 0.1) is 19.8 Å². The lowest BCUT2D eigenvalue weighted by Gasteiger charge is -2.04. The van der Waals surface area contributed by atoms with E-state index in [0.717, 1.165) is 23.1 Å². The molecule has 0 aliphatic rings. The van der Waals surface area contributed by atoms with Gasteiger partial charge in [-0.2, -0.15) is 0 Å². The summed E-state index contributed by atoms with van der Waals surface area (Å²) in [6.07, 6.45) is 4.10. The molecule has 0 atom stereocenters.